The first-order valence-electron chi connectivity index (χ1n) is 10.4. The molecule has 0 saturated carbocycles. The number of nitrogens with zero attached hydrogens (tertiary/aromatic N) is 5. The number of nitrogens with two attached hydrogens (primary N) is 1. The molecule has 0 aromatic carbocycles. The number of thioether (sulfide) groups is 1. The zero-order chi connectivity index (χ0) is 26.0. The summed E-state index contributed by atoms with van der Waals surface area (Å²) in [6.45, 7) is 1.45. The van der Waals surface area contributed by atoms with Crippen LogP contribution in [0, 0.1) is 0 Å². The molecule has 14 nitrogen and oxygen atoms in total. The summed E-state index contributed by atoms with van der Waals surface area (Å²) in [7, 11) is 0. The van der Waals surface area contributed by atoms with Gasteiger partial charge in [0.15, 0.2) is 24.1 Å². The lowest BCUT2D eigenvalue weighted by Gasteiger charge is -2.50. The van der Waals surface area contributed by atoms with Crippen LogP contribution in [0.4, 0.5) is 5.13 Å². The Morgan fingerprint density at radius 1 is 1.39 bits per heavy atom. The van der Waals surface area contributed by atoms with Gasteiger partial charge in [0.2, 0.25) is 17.6 Å². The van der Waals surface area contributed by atoms with Gasteiger partial charge in [-0.1, -0.05) is 11.2 Å². The Morgan fingerprint density at radius 2 is 2.11 bits per heavy atom. The Balaban J connectivity index is 1.54. The first kappa shape index (κ1) is 25.1. The van der Waals surface area contributed by atoms with Crippen LogP contribution in [-0.4, -0.2) is 72.1 Å². The average molecular weight is 534 g/mol. The average Bonchev–Trinajstić information content (AvgIpc) is 3.28. The largest absolute Gasteiger partial charge is 0.543 e. The zero-order valence-electron chi connectivity index (χ0n) is 18.6. The van der Waals surface area contributed by atoms with Crippen molar-refractivity contribution < 1.29 is 38.8 Å². The van der Waals surface area contributed by atoms with E-state index in [0.29, 0.717) is 5.57 Å². The minimum Gasteiger partial charge on any atom is -0.543 e. The van der Waals surface area contributed by atoms with E-state index in [1.165, 1.54) is 18.7 Å². The van der Waals surface area contributed by atoms with Gasteiger partial charge >= 0.3 is 5.97 Å². The molecule has 2 aliphatic rings. The molecule has 4 heterocycles. The van der Waals surface area contributed by atoms with Gasteiger partial charge in [0.1, 0.15) is 11.4 Å². The van der Waals surface area contributed by atoms with Crippen LogP contribution in [0.1, 0.15) is 12.7 Å². The van der Waals surface area contributed by atoms with Gasteiger partial charge in [-0.15, -0.1) is 11.8 Å². The lowest BCUT2D eigenvalue weighted by molar-refractivity contribution is -0.689. The Kier molecular flexibility index (Phi) is 7.16. The van der Waals surface area contributed by atoms with E-state index in [4.69, 9.17) is 15.7 Å². The molecule has 0 spiro atoms. The first-order valence-corrected chi connectivity index (χ1v) is 12.2. The highest BCUT2D eigenvalue weighted by Gasteiger charge is 2.53. The third kappa shape index (κ3) is 4.99. The van der Waals surface area contributed by atoms with Crippen molar-refractivity contribution in [3.8, 4) is 0 Å². The smallest absolute Gasteiger partial charge is 0.347 e. The second-order valence-electron chi connectivity index (χ2n) is 7.63. The predicted molar refractivity (Wildman–Crippen MR) is 123 cm³/mol. The van der Waals surface area contributed by atoms with Crippen LogP contribution in [0.15, 0.2) is 47.0 Å². The number of hydrogen-bond acceptors (Lipinski definition) is 12. The molecule has 2 aromatic rings. The number of carbonyl (C=O) groups excluding carboxylic acids is 3. The second kappa shape index (κ2) is 10.3. The van der Waals surface area contributed by atoms with Crippen LogP contribution in [0.2, 0.25) is 0 Å². The Hall–Kier alpha value is -4.05. The van der Waals surface area contributed by atoms with Gasteiger partial charge in [0, 0.05) is 35.0 Å². The summed E-state index contributed by atoms with van der Waals surface area (Å²) in [6.07, 6.45) is 2.16. The van der Waals surface area contributed by atoms with Gasteiger partial charge in [-0.3, -0.25) is 14.5 Å². The number of pyridine rings is 1. The fourth-order valence-corrected chi connectivity index (χ4v) is 5.22. The topological polar surface area (TPSA) is 204 Å². The number of nitrogens with one attached hydrogen (secondary N) is 1. The monoisotopic (exact) mass is 533 g/mol. The highest BCUT2D eigenvalue weighted by molar-refractivity contribution is 8.00. The van der Waals surface area contributed by atoms with Gasteiger partial charge in [-0.05, 0) is 6.92 Å². The highest BCUT2D eigenvalue weighted by atomic mass is 32.2. The van der Waals surface area contributed by atoms with Crippen LogP contribution in [0.3, 0.4) is 0 Å². The number of aliphatic carboxylic acids is 2. The fraction of sp³-hybridized carbons (Fsp3) is 0.300. The van der Waals surface area contributed by atoms with E-state index >= 15 is 0 Å². The van der Waals surface area contributed by atoms with E-state index in [1.54, 1.807) is 29.1 Å². The number of carboxylic acid groups (broad SMARTS) is 2. The Morgan fingerprint density at radius 3 is 2.72 bits per heavy atom. The van der Waals surface area contributed by atoms with Crippen molar-refractivity contribution >= 4 is 57.9 Å². The van der Waals surface area contributed by atoms with Gasteiger partial charge in [0.05, 0.1) is 11.7 Å². The molecule has 4 N–H and O–H groups in total. The molecule has 36 heavy (non-hydrogen) atoms. The molecule has 2 unspecified atom stereocenters. The van der Waals surface area contributed by atoms with Crippen molar-refractivity contribution in [1.29, 1.82) is 0 Å². The van der Waals surface area contributed by atoms with E-state index in [1.807, 2.05) is 6.07 Å². The molecule has 1 fully saturated rings. The predicted octanol–water partition coefficient (Wildman–Crippen LogP) is -2.29. The number of anilines is 1. The van der Waals surface area contributed by atoms with Crippen molar-refractivity contribution in [2.24, 2.45) is 5.16 Å². The number of carbonyl (C=O) groups is 4. The van der Waals surface area contributed by atoms with E-state index < -0.39 is 47.0 Å². The third-order valence-corrected chi connectivity index (χ3v) is 7.08. The molecule has 0 bridgehead atoms. The second-order valence-corrected chi connectivity index (χ2v) is 9.52. The maximum Gasteiger partial charge on any atom is 0.347 e. The molecule has 16 heteroatoms. The minimum absolute atomic E-state index is 0.0260. The number of aromatic nitrogens is 3. The molecule has 188 valence electrons. The molecule has 3 atom stereocenters. The normalized spacial score (nSPS) is 20.3. The van der Waals surface area contributed by atoms with Crippen LogP contribution in [0.25, 0.3) is 0 Å². The Bertz CT molecular complexity index is 1280. The molecule has 1 saturated heterocycles. The van der Waals surface area contributed by atoms with E-state index in [0.717, 1.165) is 16.4 Å². The van der Waals surface area contributed by atoms with Gasteiger partial charge in [-0.2, -0.15) is 9.36 Å². The van der Waals surface area contributed by atoms with Crippen molar-refractivity contribution in [3.05, 3.63) is 47.7 Å². The number of carboxylic acids is 2. The van der Waals surface area contributed by atoms with Crippen molar-refractivity contribution in [1.82, 2.24) is 19.6 Å². The maximum atomic E-state index is 13.0. The van der Waals surface area contributed by atoms with Gasteiger partial charge in [-0.25, -0.2) is 9.36 Å². The van der Waals surface area contributed by atoms with Crippen molar-refractivity contribution in [3.63, 3.8) is 0 Å². The summed E-state index contributed by atoms with van der Waals surface area (Å²) in [4.78, 5) is 58.7. The van der Waals surface area contributed by atoms with E-state index in [2.05, 4.69) is 19.8 Å². The number of β-lactam (4-membered cyclic amide) rings is 1. The van der Waals surface area contributed by atoms with E-state index in [-0.39, 0.29) is 29.0 Å². The lowest BCUT2D eigenvalue weighted by Crippen LogP contribution is -2.71. The molecule has 0 radical (unpaired) electrons. The number of hydrogen-bond donors (Lipinski definition) is 3. The third-order valence-electron chi connectivity index (χ3n) is 5.20. The number of rotatable bonds is 9. The summed E-state index contributed by atoms with van der Waals surface area (Å²) in [5.41, 5.74) is 5.35. The molecular weight excluding hydrogens is 514 g/mol. The summed E-state index contributed by atoms with van der Waals surface area (Å²) >= 11 is 2.06. The van der Waals surface area contributed by atoms with Gasteiger partial charge < -0.3 is 30.9 Å². The summed E-state index contributed by atoms with van der Waals surface area (Å²) in [5.74, 6) is -4.32. The van der Waals surface area contributed by atoms with Crippen LogP contribution < -0.4 is 20.7 Å². The van der Waals surface area contributed by atoms with Crippen LogP contribution >= 0.6 is 23.3 Å². The highest BCUT2D eigenvalue weighted by Crippen LogP contribution is 2.40. The van der Waals surface area contributed by atoms with Crippen molar-refractivity contribution in [2.45, 2.75) is 31.0 Å². The summed E-state index contributed by atoms with van der Waals surface area (Å²) < 4.78 is 5.66. The fourth-order valence-electron chi connectivity index (χ4n) is 3.46. The van der Waals surface area contributed by atoms with Gasteiger partial charge in [0.25, 0.3) is 11.8 Å². The maximum absolute atomic E-state index is 13.0. The molecule has 2 amide bonds. The zero-order valence-corrected chi connectivity index (χ0v) is 20.2. The minimum atomic E-state index is -1.49. The number of oxime groups is 1. The quantitative estimate of drug-likeness (QED) is 0.135. The molecular formula is C20H19N7O7S2. The Labute approximate surface area is 211 Å². The first-order chi connectivity index (χ1) is 17.2. The van der Waals surface area contributed by atoms with Crippen LogP contribution in [-0.2, 0) is 30.6 Å². The standard InChI is InChI=1S/C20H19N7O7S2/c1-9(18(30)31)34-24-11(14-23-20(21)36-25-14)15(28)22-12-16(29)27-13(19(32)33)10(8-35-17(12)27)7-26-5-3-2-4-6-26/h2-6,9,12,17H,7-8H2,1H3,(H4-,21,22,23,25,28,30,31,32,33)/b24-11-/t9?,12?,17-/m1/s1. The number of amides is 2. The van der Waals surface area contributed by atoms with Crippen LogP contribution in [0.5, 0.6) is 0 Å². The molecule has 4 rings (SSSR count). The summed E-state index contributed by atoms with van der Waals surface area (Å²) in [6, 6.07) is 4.33. The number of fused-ring (bicyclic) bond motifs is 1. The van der Waals surface area contributed by atoms with E-state index in [9.17, 15) is 24.3 Å². The van der Waals surface area contributed by atoms with Crippen molar-refractivity contribution in [2.75, 3.05) is 11.5 Å². The summed E-state index contributed by atoms with van der Waals surface area (Å²) in [5, 5.41) is 26.3. The lowest BCUT2D eigenvalue weighted by atomic mass is 10.0. The molecule has 0 aliphatic carbocycles. The molecule has 2 aromatic heterocycles. The number of nitrogen functional groups attached to an aromatic ring is 1. The SMILES string of the molecule is CC(O/N=C(\C(=O)NC1C(=O)N2C(C(=O)[O-])=C(C[n+]3ccccc3)CS[C@H]12)c1nsc(N)n1)C(=O)O. The molecule has 2 aliphatic heterocycles.